The number of nitrogens with zero attached hydrogens (tertiary/aromatic N) is 3. The van der Waals surface area contributed by atoms with E-state index in [1.165, 1.54) is 56.1 Å². The third kappa shape index (κ3) is 6.84. The van der Waals surface area contributed by atoms with Gasteiger partial charge in [-0.2, -0.15) is 5.26 Å². The highest BCUT2D eigenvalue weighted by Gasteiger charge is 2.41. The minimum Gasteiger partial charge on any atom is -0.480 e. The van der Waals surface area contributed by atoms with E-state index in [2.05, 4.69) is 58.3 Å². The van der Waals surface area contributed by atoms with Crippen LogP contribution in [-0.4, -0.2) is 59.6 Å². The molecule has 0 aromatic heterocycles. The van der Waals surface area contributed by atoms with Crippen LogP contribution in [0.15, 0.2) is 54.6 Å². The zero-order chi connectivity index (χ0) is 26.3. The number of hydrogen-bond acceptors (Lipinski definition) is 4. The second-order valence-corrected chi connectivity index (χ2v) is 12.1. The first-order chi connectivity index (χ1) is 18.6. The first-order valence-electron chi connectivity index (χ1n) is 14.8. The van der Waals surface area contributed by atoms with Crippen molar-refractivity contribution in [3.63, 3.8) is 0 Å². The van der Waals surface area contributed by atoms with Gasteiger partial charge in [0.15, 0.2) is 0 Å². The highest BCUT2D eigenvalue weighted by molar-refractivity contribution is 5.73. The van der Waals surface area contributed by atoms with Crippen LogP contribution in [0, 0.1) is 29.1 Å². The lowest BCUT2D eigenvalue weighted by Crippen LogP contribution is -2.43. The van der Waals surface area contributed by atoms with Crippen LogP contribution in [0.5, 0.6) is 0 Å². The van der Waals surface area contributed by atoms with Gasteiger partial charge < -0.3 is 10.0 Å². The van der Waals surface area contributed by atoms with E-state index in [1.54, 1.807) is 0 Å². The van der Waals surface area contributed by atoms with Gasteiger partial charge in [0.05, 0.1) is 11.6 Å². The molecule has 202 valence electrons. The lowest BCUT2D eigenvalue weighted by atomic mass is 9.80. The average Bonchev–Trinajstić information content (AvgIpc) is 3.33. The number of aryl methyl sites for hydroxylation is 1. The molecule has 2 heterocycles. The van der Waals surface area contributed by atoms with Crippen LogP contribution in [-0.2, 0) is 11.2 Å². The van der Waals surface area contributed by atoms with Gasteiger partial charge in [0.1, 0.15) is 6.04 Å². The Labute approximate surface area is 228 Å². The quantitative estimate of drug-likeness (QED) is 0.402. The van der Waals surface area contributed by atoms with Crippen molar-refractivity contribution < 1.29 is 9.90 Å². The molecule has 2 saturated heterocycles. The molecule has 0 bridgehead atoms. The van der Waals surface area contributed by atoms with Crippen molar-refractivity contribution in [1.82, 2.24) is 9.80 Å². The highest BCUT2D eigenvalue weighted by atomic mass is 16.4. The zero-order valence-corrected chi connectivity index (χ0v) is 22.7. The van der Waals surface area contributed by atoms with Crippen molar-refractivity contribution in [3.8, 4) is 6.07 Å². The van der Waals surface area contributed by atoms with E-state index >= 15 is 0 Å². The number of nitriles is 1. The molecule has 5 nitrogen and oxygen atoms in total. The summed E-state index contributed by atoms with van der Waals surface area (Å²) in [5.41, 5.74) is 3.43. The summed E-state index contributed by atoms with van der Waals surface area (Å²) in [6.07, 6.45) is 10.6. The molecule has 3 aliphatic rings. The molecule has 0 amide bonds. The molecule has 0 spiro atoms. The van der Waals surface area contributed by atoms with Crippen molar-refractivity contribution >= 4 is 5.97 Å². The number of hydrogen-bond donors (Lipinski definition) is 1. The lowest BCUT2D eigenvalue weighted by molar-refractivity contribution is -0.144. The van der Waals surface area contributed by atoms with Crippen molar-refractivity contribution in [1.29, 1.82) is 5.26 Å². The molecular weight excluding hydrogens is 470 g/mol. The summed E-state index contributed by atoms with van der Waals surface area (Å²) in [5.74, 6) is 1.65. The van der Waals surface area contributed by atoms with E-state index in [1.807, 2.05) is 12.1 Å². The zero-order valence-electron chi connectivity index (χ0n) is 22.7. The number of piperidine rings is 1. The molecule has 1 saturated carbocycles. The average molecular weight is 514 g/mol. The molecule has 3 unspecified atom stereocenters. The van der Waals surface area contributed by atoms with Crippen LogP contribution in [0.4, 0.5) is 0 Å². The van der Waals surface area contributed by atoms with Gasteiger partial charge in [-0.05, 0) is 86.2 Å². The fourth-order valence-corrected chi connectivity index (χ4v) is 7.00. The number of carboxylic acids is 1. The van der Waals surface area contributed by atoms with Crippen molar-refractivity contribution in [2.24, 2.45) is 17.8 Å². The van der Waals surface area contributed by atoms with E-state index in [9.17, 15) is 9.90 Å². The van der Waals surface area contributed by atoms with E-state index < -0.39 is 5.97 Å². The Morgan fingerprint density at radius 2 is 1.71 bits per heavy atom. The largest absolute Gasteiger partial charge is 0.480 e. The Kier molecular flexibility index (Phi) is 9.14. The molecular formula is C33H43N3O2. The van der Waals surface area contributed by atoms with Crippen LogP contribution in [0.25, 0.3) is 0 Å². The summed E-state index contributed by atoms with van der Waals surface area (Å²) in [5, 5.41) is 19.1. The van der Waals surface area contributed by atoms with E-state index in [4.69, 9.17) is 5.26 Å². The lowest BCUT2D eigenvalue weighted by Gasteiger charge is -2.35. The predicted molar refractivity (Wildman–Crippen MR) is 151 cm³/mol. The minimum absolute atomic E-state index is 0.335. The second-order valence-electron chi connectivity index (χ2n) is 12.1. The Balaban J connectivity index is 1.13. The van der Waals surface area contributed by atoms with E-state index in [0.717, 1.165) is 57.0 Å². The molecule has 3 fully saturated rings. The first kappa shape index (κ1) is 26.9. The molecule has 5 heteroatoms. The number of aliphatic carboxylic acids is 1. The SMILES string of the molecule is N#Cc1ccc(CCCC2CCN(CC3CN(C(CC4CCC4)C(=O)O)CC3c3ccccc3)CC2)cc1. The van der Waals surface area contributed by atoms with Crippen molar-refractivity contribution in [3.05, 3.63) is 71.3 Å². The number of benzene rings is 2. The fourth-order valence-electron chi connectivity index (χ4n) is 7.00. The number of carbonyl (C=O) groups is 1. The van der Waals surface area contributed by atoms with Gasteiger partial charge in [0.25, 0.3) is 0 Å². The van der Waals surface area contributed by atoms with Gasteiger partial charge in [0.2, 0.25) is 0 Å². The first-order valence-corrected chi connectivity index (χ1v) is 14.8. The molecule has 2 aliphatic heterocycles. The third-order valence-corrected chi connectivity index (χ3v) is 9.56. The van der Waals surface area contributed by atoms with Crippen LogP contribution in [0.1, 0.15) is 74.0 Å². The van der Waals surface area contributed by atoms with Gasteiger partial charge in [-0.3, -0.25) is 9.69 Å². The smallest absolute Gasteiger partial charge is 0.320 e. The second kappa shape index (κ2) is 12.9. The van der Waals surface area contributed by atoms with Crippen LogP contribution in [0.3, 0.4) is 0 Å². The minimum atomic E-state index is -0.633. The van der Waals surface area contributed by atoms with Crippen LogP contribution in [0.2, 0.25) is 0 Å². The number of carboxylic acid groups (broad SMARTS) is 1. The third-order valence-electron chi connectivity index (χ3n) is 9.56. The molecule has 2 aromatic carbocycles. The summed E-state index contributed by atoms with van der Waals surface area (Å²) in [6.45, 7) is 5.15. The molecule has 1 aliphatic carbocycles. The van der Waals surface area contributed by atoms with Gasteiger partial charge >= 0.3 is 5.97 Å². The topological polar surface area (TPSA) is 67.6 Å². The molecule has 38 heavy (non-hydrogen) atoms. The molecule has 3 atom stereocenters. The summed E-state index contributed by atoms with van der Waals surface area (Å²) in [6, 6.07) is 20.7. The van der Waals surface area contributed by atoms with Crippen LogP contribution >= 0.6 is 0 Å². The molecule has 2 aromatic rings. The molecule has 1 N–H and O–H groups in total. The summed E-state index contributed by atoms with van der Waals surface area (Å²) in [4.78, 5) is 17.2. The van der Waals surface area contributed by atoms with Crippen LogP contribution < -0.4 is 0 Å². The maximum atomic E-state index is 12.3. The maximum Gasteiger partial charge on any atom is 0.320 e. The monoisotopic (exact) mass is 513 g/mol. The van der Waals surface area contributed by atoms with E-state index in [0.29, 0.717) is 17.8 Å². The number of rotatable bonds is 11. The normalized spacial score (nSPS) is 24.1. The number of likely N-dealkylation sites (tertiary alicyclic amines) is 2. The van der Waals surface area contributed by atoms with Crippen molar-refractivity contribution in [2.75, 3.05) is 32.7 Å². The Hall–Kier alpha value is -2.68. The van der Waals surface area contributed by atoms with Gasteiger partial charge in [-0.15, -0.1) is 0 Å². The maximum absolute atomic E-state index is 12.3. The van der Waals surface area contributed by atoms with E-state index in [-0.39, 0.29) is 6.04 Å². The van der Waals surface area contributed by atoms with Gasteiger partial charge in [-0.25, -0.2) is 0 Å². The fraction of sp³-hybridized carbons (Fsp3) is 0.576. The summed E-state index contributed by atoms with van der Waals surface area (Å²) in [7, 11) is 0. The summed E-state index contributed by atoms with van der Waals surface area (Å²) < 4.78 is 0. The molecule has 5 rings (SSSR count). The Morgan fingerprint density at radius 1 is 0.974 bits per heavy atom. The predicted octanol–water partition coefficient (Wildman–Crippen LogP) is 5.95. The van der Waals surface area contributed by atoms with Gasteiger partial charge in [-0.1, -0.05) is 68.1 Å². The highest BCUT2D eigenvalue weighted by Crippen LogP contribution is 2.38. The Bertz CT molecular complexity index is 1070. The van der Waals surface area contributed by atoms with Gasteiger partial charge in [0, 0.05) is 25.6 Å². The van der Waals surface area contributed by atoms with Crippen molar-refractivity contribution in [2.45, 2.75) is 69.7 Å². The summed E-state index contributed by atoms with van der Waals surface area (Å²) >= 11 is 0. The molecule has 0 radical (unpaired) electrons. The standard InChI is InChI=1S/C33H43N3O2/c34-21-28-14-12-25(13-15-28)6-4-7-26-16-18-35(19-17-26)22-30-23-36(24-31(30)29-10-2-1-3-11-29)32(33(37)38)20-27-8-5-9-27/h1-3,10-15,26-27,30-32H,4-9,16-20,22-24H2,(H,37,38). The Morgan fingerprint density at radius 3 is 2.34 bits per heavy atom.